The van der Waals surface area contributed by atoms with Gasteiger partial charge in [-0.15, -0.1) is 0 Å². The molecule has 0 saturated carbocycles. The molecule has 0 atom stereocenters. The van der Waals surface area contributed by atoms with Crippen molar-refractivity contribution in [3.63, 3.8) is 0 Å². The quantitative estimate of drug-likeness (QED) is 0.805. The third-order valence-corrected chi connectivity index (χ3v) is 5.75. The molecule has 5 nitrogen and oxygen atoms in total. The van der Waals surface area contributed by atoms with E-state index >= 15 is 0 Å². The number of rotatable bonds is 2. The maximum Gasteiger partial charge on any atom is 0.243 e. The first-order valence-corrected chi connectivity index (χ1v) is 7.86. The van der Waals surface area contributed by atoms with Gasteiger partial charge in [0.15, 0.2) is 0 Å². The molecule has 3 N–H and O–H groups in total. The minimum Gasteiger partial charge on any atom is -0.396 e. The number of halogens is 1. The summed E-state index contributed by atoms with van der Waals surface area (Å²) in [5.41, 5.74) is 4.78. The minimum atomic E-state index is -3.71. The van der Waals surface area contributed by atoms with E-state index < -0.39 is 21.4 Å². The van der Waals surface area contributed by atoms with Crippen molar-refractivity contribution in [1.82, 2.24) is 4.31 Å². The van der Waals surface area contributed by atoms with E-state index in [9.17, 15) is 17.9 Å². The maximum atomic E-state index is 13.3. The van der Waals surface area contributed by atoms with Gasteiger partial charge >= 0.3 is 0 Å². The lowest BCUT2D eigenvalue weighted by molar-refractivity contribution is 0.0126. The summed E-state index contributed by atoms with van der Waals surface area (Å²) in [6.45, 7) is 3.71. The predicted octanol–water partition coefficient (Wildman–Crippen LogP) is 1.25. The largest absolute Gasteiger partial charge is 0.396 e. The average Bonchev–Trinajstić information content (AvgIpc) is 2.33. The van der Waals surface area contributed by atoms with Gasteiger partial charge in [-0.05, 0) is 44.4 Å². The summed E-state index contributed by atoms with van der Waals surface area (Å²) in [6.07, 6.45) is 0.754. The molecule has 0 aliphatic carbocycles. The molecule has 1 heterocycles. The van der Waals surface area contributed by atoms with Crippen LogP contribution in [-0.4, -0.2) is 36.5 Å². The highest BCUT2D eigenvalue weighted by atomic mass is 32.2. The Bertz CT molecular complexity index is 619. The summed E-state index contributed by atoms with van der Waals surface area (Å²) in [5.74, 6) is -0.622. The molecular formula is C13H19FN2O3S. The van der Waals surface area contributed by atoms with Gasteiger partial charge in [-0.1, -0.05) is 0 Å². The van der Waals surface area contributed by atoms with E-state index in [-0.39, 0.29) is 23.7 Å². The van der Waals surface area contributed by atoms with E-state index in [0.717, 1.165) is 12.1 Å². The summed E-state index contributed by atoms with van der Waals surface area (Å²) in [6, 6.07) is 2.29. The van der Waals surface area contributed by atoms with Crippen molar-refractivity contribution < 1.29 is 17.9 Å². The summed E-state index contributed by atoms with van der Waals surface area (Å²) in [4.78, 5) is 0.0259. The van der Waals surface area contributed by atoms with E-state index in [0.29, 0.717) is 18.4 Å². The van der Waals surface area contributed by atoms with Gasteiger partial charge in [-0.25, -0.2) is 12.8 Å². The van der Waals surface area contributed by atoms with Crippen LogP contribution in [-0.2, 0) is 10.0 Å². The van der Waals surface area contributed by atoms with Crippen molar-refractivity contribution in [3.8, 4) is 0 Å². The molecule has 0 bridgehead atoms. The van der Waals surface area contributed by atoms with Gasteiger partial charge in [0.1, 0.15) is 5.82 Å². The molecule has 0 spiro atoms. The Hall–Kier alpha value is -1.18. The average molecular weight is 302 g/mol. The Morgan fingerprint density at radius 3 is 2.45 bits per heavy atom. The van der Waals surface area contributed by atoms with Gasteiger partial charge in [-0.2, -0.15) is 4.31 Å². The number of anilines is 1. The molecule has 112 valence electrons. The first-order chi connectivity index (χ1) is 9.13. The van der Waals surface area contributed by atoms with E-state index in [1.54, 1.807) is 6.92 Å². The molecule has 2 rings (SSSR count). The van der Waals surface area contributed by atoms with Crippen molar-refractivity contribution in [2.45, 2.75) is 37.2 Å². The SMILES string of the molecule is Cc1cc(F)c(N)cc1S(=O)(=O)N1CCC(C)(O)CC1. The summed E-state index contributed by atoms with van der Waals surface area (Å²) in [7, 11) is -3.71. The zero-order valence-corrected chi connectivity index (χ0v) is 12.4. The minimum absolute atomic E-state index is 0.0259. The fraction of sp³-hybridized carbons (Fsp3) is 0.538. The Labute approximate surface area is 118 Å². The number of sulfonamides is 1. The summed E-state index contributed by atoms with van der Waals surface area (Å²) < 4.78 is 39.7. The number of nitrogens with two attached hydrogens (primary N) is 1. The number of hydrogen-bond donors (Lipinski definition) is 2. The van der Waals surface area contributed by atoms with E-state index in [1.807, 2.05) is 0 Å². The molecule has 1 saturated heterocycles. The molecule has 0 radical (unpaired) electrons. The smallest absolute Gasteiger partial charge is 0.243 e. The number of nitrogen functional groups attached to an aromatic ring is 1. The highest BCUT2D eigenvalue weighted by Crippen LogP contribution is 2.29. The molecule has 20 heavy (non-hydrogen) atoms. The van der Waals surface area contributed by atoms with E-state index in [1.165, 1.54) is 11.2 Å². The first kappa shape index (κ1) is 15.2. The Morgan fingerprint density at radius 1 is 1.35 bits per heavy atom. The molecule has 0 amide bonds. The number of aryl methyl sites for hydroxylation is 1. The van der Waals surface area contributed by atoms with Crippen molar-refractivity contribution in [2.75, 3.05) is 18.8 Å². The lowest BCUT2D eigenvalue weighted by Gasteiger charge is -2.35. The van der Waals surface area contributed by atoms with Crippen molar-refractivity contribution in [2.24, 2.45) is 0 Å². The fourth-order valence-electron chi connectivity index (χ4n) is 2.29. The zero-order chi connectivity index (χ0) is 15.1. The van der Waals surface area contributed by atoms with Gasteiger partial charge in [0.25, 0.3) is 0 Å². The van der Waals surface area contributed by atoms with Gasteiger partial charge in [-0.3, -0.25) is 0 Å². The Morgan fingerprint density at radius 2 is 1.90 bits per heavy atom. The van der Waals surface area contributed by atoms with Crippen molar-refractivity contribution >= 4 is 15.7 Å². The van der Waals surface area contributed by atoms with Crippen LogP contribution in [0.15, 0.2) is 17.0 Å². The second-order valence-corrected chi connectivity index (χ2v) is 7.45. The van der Waals surface area contributed by atoms with E-state index in [2.05, 4.69) is 0 Å². The van der Waals surface area contributed by atoms with Crippen molar-refractivity contribution in [3.05, 3.63) is 23.5 Å². The van der Waals surface area contributed by atoms with Crippen LogP contribution in [0.1, 0.15) is 25.3 Å². The number of hydrogen-bond acceptors (Lipinski definition) is 4. The Balaban J connectivity index is 2.34. The highest BCUT2D eigenvalue weighted by Gasteiger charge is 2.34. The fourth-order valence-corrected chi connectivity index (χ4v) is 3.98. The molecule has 7 heteroatoms. The van der Waals surface area contributed by atoms with Gasteiger partial charge in [0.05, 0.1) is 16.2 Å². The topological polar surface area (TPSA) is 83.6 Å². The maximum absolute atomic E-state index is 13.3. The van der Waals surface area contributed by atoms with Crippen LogP contribution in [0.25, 0.3) is 0 Å². The summed E-state index contributed by atoms with van der Waals surface area (Å²) >= 11 is 0. The predicted molar refractivity (Wildman–Crippen MR) is 74.2 cm³/mol. The number of aliphatic hydroxyl groups is 1. The van der Waals surface area contributed by atoms with Crippen molar-refractivity contribution in [1.29, 1.82) is 0 Å². The van der Waals surface area contributed by atoms with Crippen LogP contribution in [0.2, 0.25) is 0 Å². The Kier molecular flexibility index (Phi) is 3.79. The van der Waals surface area contributed by atoms with Crippen LogP contribution < -0.4 is 5.73 Å². The van der Waals surface area contributed by atoms with Crippen LogP contribution in [0.5, 0.6) is 0 Å². The molecular weight excluding hydrogens is 283 g/mol. The lowest BCUT2D eigenvalue weighted by Crippen LogP contribution is -2.45. The molecule has 1 aromatic carbocycles. The lowest BCUT2D eigenvalue weighted by atomic mass is 9.95. The molecule has 1 aliphatic rings. The van der Waals surface area contributed by atoms with Crippen LogP contribution in [0.4, 0.5) is 10.1 Å². The second kappa shape index (κ2) is 4.98. The summed E-state index contributed by atoms with van der Waals surface area (Å²) in [5, 5.41) is 9.87. The first-order valence-electron chi connectivity index (χ1n) is 6.42. The third-order valence-electron chi connectivity index (χ3n) is 3.71. The van der Waals surface area contributed by atoms with Gasteiger partial charge in [0.2, 0.25) is 10.0 Å². The molecule has 0 unspecified atom stereocenters. The molecule has 1 fully saturated rings. The molecule has 1 aliphatic heterocycles. The van der Waals surface area contributed by atoms with Crippen LogP contribution >= 0.6 is 0 Å². The number of piperidine rings is 1. The highest BCUT2D eigenvalue weighted by molar-refractivity contribution is 7.89. The van der Waals surface area contributed by atoms with Crippen LogP contribution in [0.3, 0.4) is 0 Å². The molecule has 0 aromatic heterocycles. The third kappa shape index (κ3) is 2.79. The van der Waals surface area contributed by atoms with Crippen LogP contribution in [0, 0.1) is 12.7 Å². The van der Waals surface area contributed by atoms with E-state index in [4.69, 9.17) is 5.73 Å². The van der Waals surface area contributed by atoms with Gasteiger partial charge in [0, 0.05) is 13.1 Å². The number of nitrogens with zero attached hydrogens (tertiary/aromatic N) is 1. The number of benzene rings is 1. The monoisotopic (exact) mass is 302 g/mol. The second-order valence-electron chi connectivity index (χ2n) is 5.54. The molecule has 1 aromatic rings. The normalized spacial score (nSPS) is 20.0. The standard InChI is InChI=1S/C13H19FN2O3S/c1-9-7-10(14)11(15)8-12(9)20(18,19)16-5-3-13(2,17)4-6-16/h7-8,17H,3-6,15H2,1-2H3. The van der Waals surface area contributed by atoms with Gasteiger partial charge < -0.3 is 10.8 Å². The zero-order valence-electron chi connectivity index (χ0n) is 11.6.